The van der Waals surface area contributed by atoms with Crippen LogP contribution >= 0.6 is 0 Å². The number of hydrogen-bond acceptors (Lipinski definition) is 10. The Bertz CT molecular complexity index is 2300. The smallest absolute Gasteiger partial charge is 0.223 e. The predicted molar refractivity (Wildman–Crippen MR) is 193 cm³/mol. The molecule has 0 aliphatic heterocycles. The molecule has 0 radical (unpaired) electrons. The van der Waals surface area contributed by atoms with E-state index in [0.717, 1.165) is 22.3 Å². The van der Waals surface area contributed by atoms with Crippen LogP contribution in [0.15, 0.2) is 107 Å². The van der Waals surface area contributed by atoms with Gasteiger partial charge >= 0.3 is 0 Å². The van der Waals surface area contributed by atoms with Gasteiger partial charge in [0.05, 0.1) is 22.8 Å². The number of benzene rings is 4. The van der Waals surface area contributed by atoms with E-state index in [1.165, 1.54) is 0 Å². The Morgan fingerprint density at radius 1 is 0.640 bits per heavy atom. The van der Waals surface area contributed by atoms with Crippen LogP contribution in [0.1, 0.15) is 71.2 Å². The first-order valence-electron chi connectivity index (χ1n) is 16.8. The molecule has 0 spiro atoms. The highest BCUT2D eigenvalue weighted by Gasteiger charge is 2.51. The van der Waals surface area contributed by atoms with Crippen LogP contribution < -0.4 is 21.7 Å². The minimum Gasteiger partial charge on any atom is -0.397 e. The molecule has 0 fully saturated rings. The summed E-state index contributed by atoms with van der Waals surface area (Å²) in [5, 5.41) is 19.9. The Morgan fingerprint density at radius 3 is 1.36 bits per heavy atom. The fraction of sp³-hybridized carbons (Fsp3) is 0.222. The number of sulfonamides is 2. The van der Waals surface area contributed by atoms with Crippen LogP contribution in [0.2, 0.25) is 2.82 Å². The summed E-state index contributed by atoms with van der Waals surface area (Å²) < 4.78 is 66.2. The molecule has 4 aromatic carbocycles. The summed E-state index contributed by atoms with van der Waals surface area (Å²) in [6.45, 7) is 3.90. The summed E-state index contributed by atoms with van der Waals surface area (Å²) in [4.78, 5) is 0. The van der Waals surface area contributed by atoms with Gasteiger partial charge in [-0.05, 0) is 57.3 Å². The van der Waals surface area contributed by atoms with Crippen molar-refractivity contribution in [3.05, 3.63) is 141 Å². The highest BCUT2D eigenvalue weighted by Crippen LogP contribution is 2.51. The lowest BCUT2D eigenvalue weighted by Gasteiger charge is -2.38. The van der Waals surface area contributed by atoms with Gasteiger partial charge in [-0.2, -0.15) is 10.2 Å². The normalized spacial score (nSPS) is 21.7. The maximum atomic E-state index is 13.8. The molecule has 0 saturated heterocycles. The quantitative estimate of drug-likeness (QED) is 0.119. The summed E-state index contributed by atoms with van der Waals surface area (Å²) in [5.74, 6) is 0. The average molecular weight is 711 g/mol. The molecule has 2 atom stereocenters. The van der Waals surface area contributed by atoms with E-state index in [0.29, 0.717) is 46.2 Å². The maximum absolute atomic E-state index is 13.8. The first kappa shape index (κ1) is 32.2. The molecule has 0 amide bonds. The van der Waals surface area contributed by atoms with E-state index >= 15 is 0 Å². The van der Waals surface area contributed by atoms with Crippen molar-refractivity contribution in [2.24, 2.45) is 32.0 Å². The highest BCUT2D eigenvalue weighted by atomic mass is 32.2. The molecule has 0 heterocycles. The lowest BCUT2D eigenvalue weighted by atomic mass is 9.76. The van der Waals surface area contributed by atoms with E-state index in [1.807, 2.05) is 38.1 Å². The zero-order valence-corrected chi connectivity index (χ0v) is 29.1. The molecule has 258 valence electrons. The number of nitrogens with two attached hydrogens (primary N) is 4. The zero-order valence-electron chi connectivity index (χ0n) is 29.5. The molecule has 14 heteroatoms. The van der Waals surface area contributed by atoms with Crippen molar-refractivity contribution in [3.8, 4) is 11.1 Å². The fourth-order valence-corrected chi connectivity index (χ4v) is 10.2. The number of fused-ring (bicyclic) bond motifs is 2. The second-order valence-corrected chi connectivity index (χ2v) is 16.1. The van der Waals surface area contributed by atoms with Crippen LogP contribution in [-0.2, 0) is 42.4 Å². The topological polar surface area (TPSA) is 245 Å². The summed E-state index contributed by atoms with van der Waals surface area (Å²) >= 11 is 0. The second-order valence-electron chi connectivity index (χ2n) is 12.6. The van der Waals surface area contributed by atoms with E-state index in [2.05, 4.69) is 21.3 Å². The van der Waals surface area contributed by atoms with Crippen molar-refractivity contribution < 1.29 is 19.7 Å². The predicted octanol–water partition coefficient (Wildman–Crippen LogP) is 5.67. The van der Waals surface area contributed by atoms with Gasteiger partial charge in [0.2, 0.25) is 22.9 Å². The van der Waals surface area contributed by atoms with Crippen LogP contribution in [0.5, 0.6) is 0 Å². The number of primary sulfonamides is 2. The van der Waals surface area contributed by atoms with Crippen molar-refractivity contribution in [2.45, 2.75) is 49.0 Å². The Kier molecular flexibility index (Phi) is 7.98. The number of nitrogens with zero attached hydrogens (tertiary/aromatic N) is 2. The molecule has 0 saturated carbocycles. The molecule has 50 heavy (non-hydrogen) atoms. The van der Waals surface area contributed by atoms with Gasteiger partial charge in [-0.1, -0.05) is 98.8 Å². The molecule has 2 aliphatic rings. The van der Waals surface area contributed by atoms with E-state index in [1.54, 1.807) is 60.7 Å². The van der Waals surface area contributed by atoms with Gasteiger partial charge in [-0.15, -0.1) is 0 Å². The van der Waals surface area contributed by atoms with Gasteiger partial charge in [0.1, 0.15) is 9.49 Å². The first-order chi connectivity index (χ1) is 24.7. The van der Waals surface area contributed by atoms with Crippen molar-refractivity contribution >= 4 is 31.4 Å². The van der Waals surface area contributed by atoms with Crippen molar-refractivity contribution in [3.63, 3.8) is 0 Å². The van der Waals surface area contributed by atoms with Crippen LogP contribution in [0, 0.1) is 11.0 Å². The second kappa shape index (κ2) is 12.4. The van der Waals surface area contributed by atoms with Gasteiger partial charge in [0, 0.05) is 24.0 Å². The van der Waals surface area contributed by atoms with Crippen LogP contribution in [-0.4, -0.2) is 16.8 Å². The van der Waals surface area contributed by atoms with Crippen molar-refractivity contribution in [1.82, 2.24) is 0 Å². The Balaban J connectivity index is 1.55. The van der Waals surface area contributed by atoms with Crippen molar-refractivity contribution in [1.29, 1.82) is 11.0 Å². The fourth-order valence-electron chi connectivity index (χ4n) is 7.63. The lowest BCUT2D eigenvalue weighted by molar-refractivity contribution is 0.544. The van der Waals surface area contributed by atoms with Gasteiger partial charge in [0.15, 0.2) is 0 Å². The number of rotatable bonds is 9. The number of hydrogen-bond donors (Lipinski definition) is 6. The van der Waals surface area contributed by atoms with E-state index in [4.69, 9.17) is 24.6 Å². The third kappa shape index (κ3) is 5.01. The summed E-state index contributed by atoms with van der Waals surface area (Å²) in [5.41, 5.74) is 25.5. The molecule has 12 nitrogen and oxygen atoms in total. The first-order valence-corrected chi connectivity index (χ1v) is 19.0. The molecule has 0 aromatic heterocycles. The number of aryl methyl sites for hydroxylation is 2. The van der Waals surface area contributed by atoms with Gasteiger partial charge in [0.25, 0.3) is 0 Å². The SMILES string of the molecule is [H]/N=N/C1=C(N)c2ccccc2C(c2ccc(-c3ccc(C4(S(N)(=O)=O)CC(/N=N/[H])=C(N)c5ccccc54)cc3CC)c(CC)c2)(S(N)(=O)=O)C1. The third-order valence-electron chi connectivity index (χ3n) is 10.2. The van der Waals surface area contributed by atoms with Crippen molar-refractivity contribution in [2.75, 3.05) is 0 Å². The molecule has 6 rings (SSSR count). The summed E-state index contributed by atoms with van der Waals surface area (Å²) in [6.07, 6.45) is 0.556. The van der Waals surface area contributed by atoms with Crippen LogP contribution in [0.25, 0.3) is 22.5 Å². The molecular formula is C36H38N8O4S2. The zero-order chi connectivity index (χ0) is 37.6. The minimum atomic E-state index is -4.38. The third-order valence-corrected chi connectivity index (χ3v) is 13.3. The average Bonchev–Trinajstić information content (AvgIpc) is 3.12. The lowest BCUT2D eigenvalue weighted by Crippen LogP contribution is -2.45. The largest absolute Gasteiger partial charge is 0.397 e. The molecule has 10 N–H and O–H groups in total. The highest BCUT2D eigenvalue weighted by molar-refractivity contribution is 7.90. The Labute approximate surface area is 294 Å². The van der Waals surface area contributed by atoms with Gasteiger partial charge in [-0.3, -0.25) is 0 Å². The van der Waals surface area contributed by atoms with Gasteiger partial charge < -0.3 is 11.5 Å². The Morgan fingerprint density at radius 2 is 1.02 bits per heavy atom. The number of allylic oxidation sites excluding steroid dienone is 2. The molecular weight excluding hydrogens is 673 g/mol. The Hall–Kier alpha value is -5.02. The van der Waals surface area contributed by atoms with Crippen LogP contribution in [0.3, 0.4) is 0 Å². The van der Waals surface area contributed by atoms with Crippen LogP contribution in [0.4, 0.5) is 0 Å². The summed E-state index contributed by atoms with van der Waals surface area (Å²) in [6, 6.07) is 24.4. The van der Waals surface area contributed by atoms with Gasteiger partial charge in [-0.25, -0.2) is 38.2 Å². The molecule has 0 bridgehead atoms. The maximum Gasteiger partial charge on any atom is 0.223 e. The van der Waals surface area contributed by atoms with E-state index < -0.39 is 29.5 Å². The summed E-state index contributed by atoms with van der Waals surface area (Å²) in [7, 11) is -8.76. The van der Waals surface area contributed by atoms with E-state index in [9.17, 15) is 16.8 Å². The molecule has 2 unspecified atom stereocenters. The molecule has 4 aromatic rings. The molecule has 2 aliphatic carbocycles. The monoisotopic (exact) mass is 710 g/mol. The number of nitrogens with one attached hydrogen (secondary N) is 2. The minimum absolute atomic E-state index is 0.130. The van der Waals surface area contributed by atoms with E-state index in [-0.39, 0.29) is 35.6 Å². The standard InChI is InChI=1S/C36H38N8O4S2/c1-3-21-17-23(35(49(41,45)46)19-31(43-39)33(37)27-9-5-7-11-29(27)35)13-15-25(21)26-16-14-24(18-22(26)4-2)36(50(42,47)48)20-32(44-40)34(38)28-10-6-8-12-30(28)36/h5-18,39-40H,3-4,19-20,37-38H2,1-2H3,(H2,41,45,46)(H2,42,47,48)/b43-39+,44-40+.